The van der Waals surface area contributed by atoms with Gasteiger partial charge in [0.2, 0.25) is 0 Å². The zero-order valence-corrected chi connectivity index (χ0v) is 16.5. The fraction of sp³-hybridized carbons (Fsp3) is 0.136. The van der Waals surface area contributed by atoms with E-state index in [2.05, 4.69) is 4.99 Å². The number of nitrogens with zero attached hydrogens (tertiary/aromatic N) is 2. The van der Waals surface area contributed by atoms with Crippen molar-refractivity contribution in [2.75, 3.05) is 0 Å². The monoisotopic (exact) mass is 394 g/mol. The number of aromatic carboxylic acids is 1. The maximum absolute atomic E-state index is 11.4. The number of benzene rings is 2. The number of ketones is 1. The van der Waals surface area contributed by atoms with E-state index in [0.717, 1.165) is 28.3 Å². The number of halogens is 1. The van der Waals surface area contributed by atoms with Crippen LogP contribution in [-0.4, -0.2) is 27.6 Å². The fourth-order valence-electron chi connectivity index (χ4n) is 3.06. The molecule has 5 nitrogen and oxygen atoms in total. The Morgan fingerprint density at radius 2 is 1.75 bits per heavy atom. The summed E-state index contributed by atoms with van der Waals surface area (Å²) in [5.41, 5.74) is 4.98. The molecule has 0 atom stereocenters. The molecule has 0 spiro atoms. The lowest BCUT2D eigenvalue weighted by Crippen LogP contribution is -2.03. The average molecular weight is 395 g/mol. The van der Waals surface area contributed by atoms with E-state index in [-0.39, 0.29) is 16.4 Å². The molecule has 0 saturated heterocycles. The zero-order valence-electron chi connectivity index (χ0n) is 15.7. The van der Waals surface area contributed by atoms with Gasteiger partial charge in [-0.25, -0.2) is 4.79 Å². The number of aliphatic imine (C=N–C) groups is 1. The highest BCUT2D eigenvalue weighted by atomic mass is 35.5. The zero-order chi connectivity index (χ0) is 20.4. The van der Waals surface area contributed by atoms with Crippen molar-refractivity contribution in [2.45, 2.75) is 20.8 Å². The first-order valence-electron chi connectivity index (χ1n) is 8.65. The van der Waals surface area contributed by atoms with Crippen LogP contribution in [0.2, 0.25) is 5.02 Å². The second-order valence-corrected chi connectivity index (χ2v) is 6.90. The number of rotatable bonds is 5. The third kappa shape index (κ3) is 3.89. The molecule has 0 radical (unpaired) electrons. The Morgan fingerprint density at radius 1 is 1.07 bits per heavy atom. The lowest BCUT2D eigenvalue weighted by atomic mass is 10.1. The minimum absolute atomic E-state index is 0.0165. The largest absolute Gasteiger partial charge is 0.478 e. The Bertz CT molecular complexity index is 1100. The van der Waals surface area contributed by atoms with Gasteiger partial charge in [0.25, 0.3) is 0 Å². The summed E-state index contributed by atoms with van der Waals surface area (Å²) >= 11 is 5.98. The third-order valence-corrected chi connectivity index (χ3v) is 4.86. The van der Waals surface area contributed by atoms with Crippen molar-refractivity contribution in [3.8, 4) is 5.69 Å². The second kappa shape index (κ2) is 7.82. The van der Waals surface area contributed by atoms with Crippen LogP contribution in [0.15, 0.2) is 53.5 Å². The minimum atomic E-state index is -1.06. The van der Waals surface area contributed by atoms with Crippen molar-refractivity contribution in [2.24, 2.45) is 4.99 Å². The smallest absolute Gasteiger partial charge is 0.337 e. The Balaban J connectivity index is 1.95. The molecule has 0 aliphatic rings. The van der Waals surface area contributed by atoms with E-state index in [9.17, 15) is 14.7 Å². The lowest BCUT2D eigenvalue weighted by molar-refractivity contribution is 0.0696. The van der Waals surface area contributed by atoms with Gasteiger partial charge in [-0.15, -0.1) is 0 Å². The third-order valence-electron chi connectivity index (χ3n) is 4.54. The second-order valence-electron chi connectivity index (χ2n) is 6.49. The summed E-state index contributed by atoms with van der Waals surface area (Å²) < 4.78 is 1.96. The fourth-order valence-corrected chi connectivity index (χ4v) is 3.26. The SMILES string of the molecule is CC(=O)c1ccc(N=Cc2cc(C)n(-c3ccc(Cl)c(C(=O)O)c3)c2C)cc1. The number of carboxylic acid groups (broad SMARTS) is 1. The predicted molar refractivity (Wildman–Crippen MR) is 111 cm³/mol. The maximum Gasteiger partial charge on any atom is 0.337 e. The van der Waals surface area contributed by atoms with Crippen molar-refractivity contribution in [3.05, 3.63) is 81.6 Å². The van der Waals surface area contributed by atoms with Crippen LogP contribution >= 0.6 is 11.6 Å². The summed E-state index contributed by atoms with van der Waals surface area (Å²) in [7, 11) is 0. The molecule has 1 heterocycles. The summed E-state index contributed by atoms with van der Waals surface area (Å²) in [4.78, 5) is 27.2. The molecule has 0 saturated carbocycles. The van der Waals surface area contributed by atoms with Crippen molar-refractivity contribution < 1.29 is 14.7 Å². The highest BCUT2D eigenvalue weighted by molar-refractivity contribution is 6.33. The summed E-state index contributed by atoms with van der Waals surface area (Å²) in [5.74, 6) is -1.05. The molecule has 3 aromatic rings. The molecule has 142 valence electrons. The number of carbonyl (C=O) groups excluding carboxylic acids is 1. The minimum Gasteiger partial charge on any atom is -0.478 e. The molecular formula is C22H19ClN2O3. The number of Topliss-reactive ketones (excluding diaryl/α,β-unsaturated/α-hetero) is 1. The lowest BCUT2D eigenvalue weighted by Gasteiger charge is -2.11. The first kappa shape index (κ1) is 19.6. The van der Waals surface area contributed by atoms with Crippen LogP contribution in [0.25, 0.3) is 5.69 Å². The van der Waals surface area contributed by atoms with Crippen molar-refractivity contribution >= 4 is 35.3 Å². The summed E-state index contributed by atoms with van der Waals surface area (Å²) in [5, 5.41) is 9.51. The average Bonchev–Trinajstić information content (AvgIpc) is 2.94. The van der Waals surface area contributed by atoms with Gasteiger partial charge >= 0.3 is 5.97 Å². The molecule has 1 aromatic heterocycles. The molecule has 0 fully saturated rings. The van der Waals surface area contributed by atoms with Gasteiger partial charge in [-0.2, -0.15) is 0 Å². The van der Waals surface area contributed by atoms with Crippen LogP contribution in [0.5, 0.6) is 0 Å². The van der Waals surface area contributed by atoms with Crippen LogP contribution in [0.1, 0.15) is 44.6 Å². The number of aromatic nitrogens is 1. The van der Waals surface area contributed by atoms with Gasteiger partial charge < -0.3 is 9.67 Å². The van der Waals surface area contributed by atoms with E-state index in [1.165, 1.54) is 6.92 Å². The van der Waals surface area contributed by atoms with E-state index in [4.69, 9.17) is 11.6 Å². The Kier molecular flexibility index (Phi) is 5.47. The summed E-state index contributed by atoms with van der Waals surface area (Å²) in [6, 6.07) is 14.0. The van der Waals surface area contributed by atoms with E-state index >= 15 is 0 Å². The van der Waals surface area contributed by atoms with Crippen molar-refractivity contribution in [3.63, 3.8) is 0 Å². The van der Waals surface area contributed by atoms with Crippen LogP contribution < -0.4 is 0 Å². The van der Waals surface area contributed by atoms with E-state index < -0.39 is 5.97 Å². The number of hydrogen-bond acceptors (Lipinski definition) is 3. The molecule has 6 heteroatoms. The van der Waals surface area contributed by atoms with Crippen LogP contribution in [0, 0.1) is 13.8 Å². The Labute approximate surface area is 167 Å². The molecule has 0 amide bonds. The van der Waals surface area contributed by atoms with E-state index in [1.54, 1.807) is 48.7 Å². The number of carboxylic acids is 1. The molecule has 0 bridgehead atoms. The quantitative estimate of drug-likeness (QED) is 0.465. The molecular weight excluding hydrogens is 376 g/mol. The molecule has 28 heavy (non-hydrogen) atoms. The van der Waals surface area contributed by atoms with Gasteiger partial charge in [0.1, 0.15) is 0 Å². The standard InChI is InChI=1S/C22H19ClN2O3/c1-13-10-17(12-24-18-6-4-16(5-7-18)15(3)26)14(2)25(13)19-8-9-21(23)20(11-19)22(27)28/h4-12H,1-3H3,(H,27,28). The molecule has 2 aromatic carbocycles. The maximum atomic E-state index is 11.4. The van der Waals surface area contributed by atoms with Crippen LogP contribution in [-0.2, 0) is 0 Å². The van der Waals surface area contributed by atoms with Crippen LogP contribution in [0.3, 0.4) is 0 Å². The first-order valence-corrected chi connectivity index (χ1v) is 9.03. The van der Waals surface area contributed by atoms with Crippen molar-refractivity contribution in [1.29, 1.82) is 0 Å². The summed E-state index contributed by atoms with van der Waals surface area (Å²) in [6.07, 6.45) is 1.76. The van der Waals surface area contributed by atoms with Gasteiger partial charge in [0, 0.05) is 34.4 Å². The van der Waals surface area contributed by atoms with E-state index in [1.807, 2.05) is 24.5 Å². The van der Waals surface area contributed by atoms with Crippen molar-refractivity contribution in [1.82, 2.24) is 4.57 Å². The topological polar surface area (TPSA) is 71.7 Å². The van der Waals surface area contributed by atoms with Gasteiger partial charge in [-0.05, 0) is 69.3 Å². The number of carbonyl (C=O) groups is 2. The van der Waals surface area contributed by atoms with Gasteiger partial charge in [0.15, 0.2) is 5.78 Å². The molecule has 0 aliphatic carbocycles. The summed E-state index contributed by atoms with van der Waals surface area (Å²) in [6.45, 7) is 5.42. The molecule has 3 rings (SSSR count). The molecule has 0 aliphatic heterocycles. The van der Waals surface area contributed by atoms with Gasteiger partial charge in [0.05, 0.1) is 16.3 Å². The van der Waals surface area contributed by atoms with Gasteiger partial charge in [-0.1, -0.05) is 11.6 Å². The normalized spacial score (nSPS) is 11.1. The highest BCUT2D eigenvalue weighted by Gasteiger charge is 2.14. The number of aryl methyl sites for hydroxylation is 1. The molecule has 1 N–H and O–H groups in total. The first-order chi connectivity index (χ1) is 13.3. The highest BCUT2D eigenvalue weighted by Crippen LogP contribution is 2.25. The Hall–Kier alpha value is -3.18. The molecule has 0 unspecified atom stereocenters. The van der Waals surface area contributed by atoms with Crippen LogP contribution in [0.4, 0.5) is 5.69 Å². The van der Waals surface area contributed by atoms with Gasteiger partial charge in [-0.3, -0.25) is 9.79 Å². The number of hydrogen-bond donors (Lipinski definition) is 1. The predicted octanol–water partition coefficient (Wildman–Crippen LogP) is 5.40. The Morgan fingerprint density at radius 3 is 2.36 bits per heavy atom. The van der Waals surface area contributed by atoms with E-state index in [0.29, 0.717) is 5.56 Å².